The maximum atomic E-state index is 10.9. The van der Waals surface area contributed by atoms with Gasteiger partial charge in [-0.2, -0.15) is 5.10 Å². The van der Waals surface area contributed by atoms with Crippen molar-refractivity contribution in [3.8, 4) is 11.3 Å². The van der Waals surface area contributed by atoms with Crippen LogP contribution in [0.3, 0.4) is 0 Å². The van der Waals surface area contributed by atoms with Gasteiger partial charge in [-0.15, -0.1) is 0 Å². The van der Waals surface area contributed by atoms with Crippen LogP contribution in [0.5, 0.6) is 0 Å². The van der Waals surface area contributed by atoms with Gasteiger partial charge in [-0.05, 0) is 63.6 Å². The number of hydrogen-bond acceptors (Lipinski definition) is 5. The third kappa shape index (κ3) is 3.28. The predicted molar refractivity (Wildman–Crippen MR) is 121 cm³/mol. The van der Waals surface area contributed by atoms with Crippen LogP contribution in [-0.4, -0.2) is 49.8 Å². The number of fused-ring (bicyclic) bond motifs is 3. The number of aryl methyl sites for hydroxylation is 1. The molecule has 0 radical (unpaired) electrons. The van der Waals surface area contributed by atoms with Crippen molar-refractivity contribution in [2.24, 2.45) is 0 Å². The molecule has 6 heteroatoms. The van der Waals surface area contributed by atoms with Crippen LogP contribution in [0, 0.1) is 0 Å². The van der Waals surface area contributed by atoms with E-state index in [9.17, 15) is 5.11 Å². The van der Waals surface area contributed by atoms with Crippen molar-refractivity contribution in [1.29, 1.82) is 0 Å². The molecule has 3 aliphatic rings. The van der Waals surface area contributed by atoms with E-state index in [0.717, 1.165) is 73.9 Å². The van der Waals surface area contributed by atoms with E-state index in [1.165, 1.54) is 12.1 Å². The van der Waals surface area contributed by atoms with Crippen molar-refractivity contribution < 1.29 is 5.11 Å². The number of nitrogens with one attached hydrogen (secondary N) is 1. The summed E-state index contributed by atoms with van der Waals surface area (Å²) in [6.45, 7) is 5.00. The fourth-order valence-corrected chi connectivity index (χ4v) is 5.84. The van der Waals surface area contributed by atoms with Gasteiger partial charge in [0.25, 0.3) is 0 Å². The van der Waals surface area contributed by atoms with Gasteiger partial charge in [0.05, 0.1) is 11.2 Å². The number of aliphatic hydroxyl groups is 1. The van der Waals surface area contributed by atoms with Crippen LogP contribution in [-0.2, 0) is 12.0 Å². The van der Waals surface area contributed by atoms with Gasteiger partial charge in [-0.1, -0.05) is 18.2 Å². The van der Waals surface area contributed by atoms with Gasteiger partial charge in [0.2, 0.25) is 0 Å². The molecule has 1 aliphatic carbocycles. The molecule has 2 aliphatic heterocycles. The molecule has 1 saturated carbocycles. The third-order valence-corrected chi connectivity index (χ3v) is 7.90. The second-order valence-corrected chi connectivity index (χ2v) is 10.1. The summed E-state index contributed by atoms with van der Waals surface area (Å²) in [4.78, 5) is 6.86. The van der Waals surface area contributed by atoms with Gasteiger partial charge in [0.1, 0.15) is 0 Å². The van der Waals surface area contributed by atoms with E-state index in [-0.39, 0.29) is 11.0 Å². The van der Waals surface area contributed by atoms with Crippen LogP contribution >= 0.6 is 0 Å². The molecule has 6 nitrogen and oxygen atoms in total. The first kappa shape index (κ1) is 19.4. The highest BCUT2D eigenvalue weighted by Crippen LogP contribution is 2.43. The molecule has 1 saturated heterocycles. The largest absolute Gasteiger partial charge is 0.365 e. The van der Waals surface area contributed by atoms with E-state index in [1.54, 1.807) is 0 Å². The zero-order chi connectivity index (χ0) is 21.1. The molecule has 2 fully saturated rings. The molecule has 1 spiro atoms. The van der Waals surface area contributed by atoms with E-state index in [1.807, 2.05) is 18.3 Å². The molecule has 1 aromatic carbocycles. The molecule has 4 heterocycles. The Kier molecular flexibility index (Phi) is 4.46. The van der Waals surface area contributed by atoms with Crippen LogP contribution in [0.15, 0.2) is 42.6 Å². The van der Waals surface area contributed by atoms with Crippen molar-refractivity contribution in [2.45, 2.75) is 69.3 Å². The highest BCUT2D eigenvalue weighted by Gasteiger charge is 2.46. The number of rotatable bonds is 4. The molecule has 162 valence electrons. The first-order chi connectivity index (χ1) is 15.0. The summed E-state index contributed by atoms with van der Waals surface area (Å²) in [6, 6.07) is 12.7. The number of para-hydroxylation sites is 1. The number of benzene rings is 1. The number of nitrogens with zero attached hydrogens (tertiary/aromatic N) is 4. The zero-order valence-corrected chi connectivity index (χ0v) is 18.2. The smallest absolute Gasteiger partial charge is 0.163 e. The summed E-state index contributed by atoms with van der Waals surface area (Å²) in [7, 11) is 0. The Bertz CT molecular complexity index is 1120. The molecule has 2 N–H and O–H groups in total. The average Bonchev–Trinajstić information content (AvgIpc) is 3.39. The topological polar surface area (TPSA) is 66.2 Å². The van der Waals surface area contributed by atoms with E-state index in [0.29, 0.717) is 0 Å². The van der Waals surface area contributed by atoms with Gasteiger partial charge in [0, 0.05) is 53.4 Å². The van der Waals surface area contributed by atoms with Crippen molar-refractivity contribution in [2.75, 3.05) is 13.1 Å². The van der Waals surface area contributed by atoms with Crippen molar-refractivity contribution >= 4 is 10.9 Å². The molecule has 2 unspecified atom stereocenters. The number of aromatic nitrogens is 3. The Morgan fingerprint density at radius 1 is 1.06 bits per heavy atom. The predicted octanol–water partition coefficient (Wildman–Crippen LogP) is 3.64. The van der Waals surface area contributed by atoms with E-state index in [2.05, 4.69) is 51.1 Å². The second-order valence-electron chi connectivity index (χ2n) is 10.1. The molecule has 0 bridgehead atoms. The van der Waals surface area contributed by atoms with Crippen molar-refractivity contribution in [1.82, 2.24) is 25.0 Å². The Morgan fingerprint density at radius 3 is 2.77 bits per heavy atom. The summed E-state index contributed by atoms with van der Waals surface area (Å²) < 4.78 is 2.21. The van der Waals surface area contributed by atoms with Crippen molar-refractivity contribution in [3.05, 3.63) is 48.3 Å². The molecule has 0 amide bonds. The van der Waals surface area contributed by atoms with Crippen molar-refractivity contribution in [3.63, 3.8) is 0 Å². The summed E-state index contributed by atoms with van der Waals surface area (Å²) in [5.74, 6) is 0. The summed E-state index contributed by atoms with van der Waals surface area (Å²) in [6.07, 6.45) is 8.31. The Hall–Kier alpha value is -2.28. The fraction of sp³-hybridized carbons (Fsp3) is 0.520. The monoisotopic (exact) mass is 417 g/mol. The number of likely N-dealkylation sites (tertiary alicyclic amines) is 1. The minimum Gasteiger partial charge on any atom is -0.365 e. The highest BCUT2D eigenvalue weighted by atomic mass is 16.3. The van der Waals surface area contributed by atoms with E-state index < -0.39 is 6.35 Å². The number of aliphatic hydroxyl groups excluding tert-OH is 1. The molecule has 2 aromatic heterocycles. The minimum atomic E-state index is -0.563. The van der Waals surface area contributed by atoms with Gasteiger partial charge >= 0.3 is 0 Å². The SMILES string of the molecule is CC1(NC(O)N2CCC3(CCCn4nc(-c5cnc6ccccc6c5)cc43)C2)CCC1. The lowest BCUT2D eigenvalue weighted by Gasteiger charge is -2.43. The third-order valence-electron chi connectivity index (χ3n) is 7.90. The summed E-state index contributed by atoms with van der Waals surface area (Å²) >= 11 is 0. The molecular formula is C25H31N5O. The maximum Gasteiger partial charge on any atom is 0.163 e. The molecule has 6 rings (SSSR count). The fourth-order valence-electron chi connectivity index (χ4n) is 5.84. The Balaban J connectivity index is 1.28. The number of hydrogen-bond donors (Lipinski definition) is 2. The molecule has 2 atom stereocenters. The first-order valence-corrected chi connectivity index (χ1v) is 11.7. The standard InChI is InChI=1S/C25H31N5O/c1-24(8-4-9-24)27-23(31)29-13-11-25(17-29)10-5-12-30-22(25)15-21(28-30)19-14-18-6-2-3-7-20(18)26-16-19/h2-3,6-7,14-16,23,27,31H,4-5,8-13,17H2,1H3. The van der Waals surface area contributed by atoms with Crippen LogP contribution in [0.2, 0.25) is 0 Å². The number of pyridine rings is 1. The van der Waals surface area contributed by atoms with E-state index in [4.69, 9.17) is 5.10 Å². The van der Waals surface area contributed by atoms with Gasteiger partial charge in [-0.3, -0.25) is 19.9 Å². The van der Waals surface area contributed by atoms with Crippen LogP contribution < -0.4 is 5.32 Å². The summed E-state index contributed by atoms with van der Waals surface area (Å²) in [5, 5.41) is 20.5. The lowest BCUT2D eigenvalue weighted by Crippen LogP contribution is -2.58. The van der Waals surface area contributed by atoms with Crippen LogP contribution in [0.4, 0.5) is 0 Å². The lowest BCUT2D eigenvalue weighted by atomic mass is 9.77. The molecular weight excluding hydrogens is 386 g/mol. The molecule has 3 aromatic rings. The second kappa shape index (κ2) is 7.12. The highest BCUT2D eigenvalue weighted by molar-refractivity contribution is 5.82. The quantitative estimate of drug-likeness (QED) is 0.635. The van der Waals surface area contributed by atoms with Crippen LogP contribution in [0.25, 0.3) is 22.2 Å². The van der Waals surface area contributed by atoms with Gasteiger partial charge in [0.15, 0.2) is 6.35 Å². The van der Waals surface area contributed by atoms with Crippen LogP contribution in [0.1, 0.15) is 51.1 Å². The minimum absolute atomic E-state index is 0.0803. The van der Waals surface area contributed by atoms with Gasteiger partial charge in [-0.25, -0.2) is 0 Å². The van der Waals surface area contributed by atoms with Gasteiger partial charge < -0.3 is 5.11 Å². The maximum absolute atomic E-state index is 10.9. The van der Waals surface area contributed by atoms with E-state index >= 15 is 0 Å². The average molecular weight is 418 g/mol. The zero-order valence-electron chi connectivity index (χ0n) is 18.2. The Labute approximate surface area is 183 Å². The normalized spacial score (nSPS) is 26.1. The molecule has 31 heavy (non-hydrogen) atoms. The first-order valence-electron chi connectivity index (χ1n) is 11.7. The lowest BCUT2D eigenvalue weighted by molar-refractivity contribution is -0.0468. The summed E-state index contributed by atoms with van der Waals surface area (Å²) in [5.41, 5.74) is 4.60. The Morgan fingerprint density at radius 2 is 1.94 bits per heavy atom.